The molecular weight excluding hydrogens is 310 g/mol. The first-order valence-electron chi connectivity index (χ1n) is 10.3. The Hall–Kier alpha value is -0.850. The van der Waals surface area contributed by atoms with Gasteiger partial charge in [-0.1, -0.05) is 19.9 Å². The van der Waals surface area contributed by atoms with Crippen LogP contribution in [0.15, 0.2) is 12.2 Å². The molecular formula is C22H33NO2. The molecule has 0 aromatic carbocycles. The largest absolute Gasteiger partial charge is 0.393 e. The second-order valence-electron chi connectivity index (χ2n) is 9.94. The topological polar surface area (TPSA) is 64.2 Å². The first kappa shape index (κ1) is 17.6. The van der Waals surface area contributed by atoms with E-state index in [0.29, 0.717) is 29.1 Å². The molecule has 0 aromatic heterocycles. The number of allylic oxidation sites excluding steroid dienone is 2. The Morgan fingerprint density at radius 3 is 2.56 bits per heavy atom. The van der Waals surface area contributed by atoms with E-state index in [1.807, 2.05) is 0 Å². The number of nitrogens with zero attached hydrogens (tertiary/aromatic N) is 1. The molecule has 4 fully saturated rings. The fraction of sp³-hybridized carbons (Fsp3) is 0.864. The summed E-state index contributed by atoms with van der Waals surface area (Å²) in [6, 6.07) is 2.14. The lowest BCUT2D eigenvalue weighted by atomic mass is 9.43. The van der Waals surface area contributed by atoms with E-state index in [4.69, 9.17) is 5.26 Å². The average molecular weight is 344 g/mol. The highest BCUT2D eigenvalue weighted by Gasteiger charge is 2.66. The Morgan fingerprint density at radius 1 is 1.00 bits per heavy atom. The van der Waals surface area contributed by atoms with Gasteiger partial charge in [-0.2, -0.15) is 5.26 Å². The van der Waals surface area contributed by atoms with Gasteiger partial charge in [0, 0.05) is 11.5 Å². The fourth-order valence-electron chi connectivity index (χ4n) is 7.71. The molecule has 8 unspecified atom stereocenters. The average Bonchev–Trinajstić information content (AvgIpc) is 2.85. The van der Waals surface area contributed by atoms with E-state index >= 15 is 0 Å². The van der Waals surface area contributed by atoms with Crippen LogP contribution < -0.4 is 0 Å². The third-order valence-electron chi connectivity index (χ3n) is 9.30. The predicted octanol–water partition coefficient (Wildman–Crippen LogP) is 4.20. The normalized spacial score (nSPS) is 55.2. The number of nitriles is 1. The van der Waals surface area contributed by atoms with Crippen molar-refractivity contribution in [1.82, 2.24) is 0 Å². The molecule has 0 aromatic rings. The first-order valence-corrected chi connectivity index (χ1v) is 10.3. The SMILES string of the molecule is CC12CCC(O)CC1CCC1C2CCC2(C)C(/C=C/C#N)CCC12O. The van der Waals surface area contributed by atoms with Gasteiger partial charge in [0.2, 0.25) is 0 Å². The molecule has 0 radical (unpaired) electrons. The third kappa shape index (κ3) is 2.30. The lowest BCUT2D eigenvalue weighted by Crippen LogP contribution is -2.62. The van der Waals surface area contributed by atoms with E-state index in [2.05, 4.69) is 26.0 Å². The number of fused-ring (bicyclic) bond motifs is 5. The van der Waals surface area contributed by atoms with E-state index in [-0.39, 0.29) is 11.5 Å². The van der Waals surface area contributed by atoms with Crippen LogP contribution in [0, 0.1) is 45.8 Å². The van der Waals surface area contributed by atoms with Crippen LogP contribution in [0.1, 0.15) is 71.6 Å². The summed E-state index contributed by atoms with van der Waals surface area (Å²) in [5.74, 6) is 1.94. The van der Waals surface area contributed by atoms with Gasteiger partial charge in [0.05, 0.1) is 17.8 Å². The maximum Gasteiger partial charge on any atom is 0.0908 e. The van der Waals surface area contributed by atoms with Crippen molar-refractivity contribution in [2.75, 3.05) is 0 Å². The highest BCUT2D eigenvalue weighted by Crippen LogP contribution is 2.69. The van der Waals surface area contributed by atoms with Gasteiger partial charge in [-0.3, -0.25) is 0 Å². The number of aliphatic hydroxyl groups excluding tert-OH is 1. The lowest BCUT2D eigenvalue weighted by molar-refractivity contribution is -0.207. The minimum Gasteiger partial charge on any atom is -0.393 e. The minimum atomic E-state index is -0.579. The Kier molecular flexibility index (Phi) is 4.09. The highest BCUT2D eigenvalue weighted by atomic mass is 16.3. The van der Waals surface area contributed by atoms with E-state index in [9.17, 15) is 10.2 Å². The highest BCUT2D eigenvalue weighted by molar-refractivity contribution is 5.20. The monoisotopic (exact) mass is 343 g/mol. The molecule has 0 heterocycles. The number of hydrogen-bond acceptors (Lipinski definition) is 3. The summed E-state index contributed by atoms with van der Waals surface area (Å²) in [4.78, 5) is 0. The summed E-state index contributed by atoms with van der Waals surface area (Å²) < 4.78 is 0. The van der Waals surface area contributed by atoms with Crippen molar-refractivity contribution in [2.24, 2.45) is 34.5 Å². The summed E-state index contributed by atoms with van der Waals surface area (Å²) >= 11 is 0. The van der Waals surface area contributed by atoms with E-state index in [1.165, 1.54) is 6.42 Å². The van der Waals surface area contributed by atoms with Crippen LogP contribution >= 0.6 is 0 Å². The zero-order chi connectivity index (χ0) is 17.9. The molecule has 0 spiro atoms. The fourth-order valence-corrected chi connectivity index (χ4v) is 7.71. The standard InChI is InChI=1S/C22H33NO2/c1-20-10-8-17(24)14-16(20)5-6-19-18(20)9-11-21(2)15(4-3-13-23)7-12-22(19,21)25/h3-4,15-19,24-25H,5-12,14H2,1-2H3/b4-3+. The minimum absolute atomic E-state index is 0.0844. The summed E-state index contributed by atoms with van der Waals surface area (Å²) in [5.41, 5.74) is -0.372. The molecule has 0 bridgehead atoms. The summed E-state index contributed by atoms with van der Waals surface area (Å²) in [7, 11) is 0. The van der Waals surface area contributed by atoms with Crippen molar-refractivity contribution in [1.29, 1.82) is 5.26 Å². The molecule has 4 aliphatic rings. The van der Waals surface area contributed by atoms with Crippen LogP contribution in [0.2, 0.25) is 0 Å². The Balaban J connectivity index is 1.65. The zero-order valence-corrected chi connectivity index (χ0v) is 15.7. The molecule has 0 amide bonds. The predicted molar refractivity (Wildman–Crippen MR) is 97.4 cm³/mol. The summed E-state index contributed by atoms with van der Waals surface area (Å²) in [6.45, 7) is 4.73. The number of aliphatic hydroxyl groups is 2. The molecule has 0 aliphatic heterocycles. The van der Waals surface area contributed by atoms with Gasteiger partial charge in [-0.05, 0) is 86.9 Å². The second-order valence-corrected chi connectivity index (χ2v) is 9.94. The number of rotatable bonds is 1. The van der Waals surface area contributed by atoms with Crippen molar-refractivity contribution >= 4 is 0 Å². The van der Waals surface area contributed by atoms with Gasteiger partial charge in [-0.15, -0.1) is 0 Å². The van der Waals surface area contributed by atoms with Gasteiger partial charge in [-0.25, -0.2) is 0 Å². The molecule has 4 rings (SSSR count). The summed E-state index contributed by atoms with van der Waals surface area (Å²) in [5, 5.41) is 31.0. The van der Waals surface area contributed by atoms with Crippen LogP contribution in [0.3, 0.4) is 0 Å². The van der Waals surface area contributed by atoms with Crippen molar-refractivity contribution < 1.29 is 10.2 Å². The molecule has 8 atom stereocenters. The Bertz CT molecular complexity index is 610. The van der Waals surface area contributed by atoms with Crippen molar-refractivity contribution in [2.45, 2.75) is 83.3 Å². The lowest BCUT2D eigenvalue weighted by Gasteiger charge is -2.63. The van der Waals surface area contributed by atoms with E-state index in [0.717, 1.165) is 51.4 Å². The zero-order valence-electron chi connectivity index (χ0n) is 15.7. The molecule has 138 valence electrons. The van der Waals surface area contributed by atoms with Gasteiger partial charge in [0.25, 0.3) is 0 Å². The Labute approximate surface area is 152 Å². The van der Waals surface area contributed by atoms with Crippen LogP contribution in [0.5, 0.6) is 0 Å². The molecule has 4 saturated carbocycles. The van der Waals surface area contributed by atoms with Crippen LogP contribution in [0.25, 0.3) is 0 Å². The van der Waals surface area contributed by atoms with Gasteiger partial charge in [0.15, 0.2) is 0 Å². The molecule has 3 nitrogen and oxygen atoms in total. The molecule has 0 saturated heterocycles. The quantitative estimate of drug-likeness (QED) is 0.701. The molecule has 25 heavy (non-hydrogen) atoms. The first-order chi connectivity index (χ1) is 11.8. The maximum absolute atomic E-state index is 11.9. The second kappa shape index (κ2) is 5.83. The van der Waals surface area contributed by atoms with Crippen molar-refractivity contribution in [3.8, 4) is 6.07 Å². The molecule has 4 aliphatic carbocycles. The van der Waals surface area contributed by atoms with E-state index < -0.39 is 5.60 Å². The molecule has 3 heteroatoms. The molecule has 2 N–H and O–H groups in total. The number of hydrogen-bond donors (Lipinski definition) is 2. The van der Waals surface area contributed by atoms with Crippen LogP contribution in [-0.4, -0.2) is 21.9 Å². The maximum atomic E-state index is 11.9. The van der Waals surface area contributed by atoms with Crippen molar-refractivity contribution in [3.63, 3.8) is 0 Å². The van der Waals surface area contributed by atoms with Crippen LogP contribution in [0.4, 0.5) is 0 Å². The Morgan fingerprint density at radius 2 is 1.80 bits per heavy atom. The smallest absolute Gasteiger partial charge is 0.0908 e. The summed E-state index contributed by atoms with van der Waals surface area (Å²) in [6.07, 6.45) is 13.0. The van der Waals surface area contributed by atoms with Gasteiger partial charge < -0.3 is 10.2 Å². The van der Waals surface area contributed by atoms with Gasteiger partial charge in [0.1, 0.15) is 0 Å². The van der Waals surface area contributed by atoms with Crippen molar-refractivity contribution in [3.05, 3.63) is 12.2 Å². The van der Waals surface area contributed by atoms with Crippen LogP contribution in [-0.2, 0) is 0 Å². The third-order valence-corrected chi connectivity index (χ3v) is 9.30. The van der Waals surface area contributed by atoms with Gasteiger partial charge >= 0.3 is 0 Å². The van der Waals surface area contributed by atoms with E-state index in [1.54, 1.807) is 6.08 Å².